The van der Waals surface area contributed by atoms with E-state index in [2.05, 4.69) is 57.9 Å². The molecule has 2 rings (SSSR count). The molecule has 0 fully saturated rings. The number of aryl methyl sites for hydroxylation is 1. The third-order valence-corrected chi connectivity index (χ3v) is 15.9. The van der Waals surface area contributed by atoms with Crippen LogP contribution in [0.4, 0.5) is 0 Å². The van der Waals surface area contributed by atoms with Gasteiger partial charge in [-0.2, -0.15) is 0 Å². The van der Waals surface area contributed by atoms with Gasteiger partial charge in [-0.05, 0) is 114 Å². The Kier molecular flexibility index (Phi) is 18.3. The van der Waals surface area contributed by atoms with Gasteiger partial charge in [0, 0.05) is 24.1 Å². The molecule has 5 atom stereocenters. The van der Waals surface area contributed by atoms with E-state index in [0.717, 1.165) is 35.5 Å². The molecule has 0 aliphatic heterocycles. The van der Waals surface area contributed by atoms with Crippen molar-refractivity contribution < 1.29 is 37.8 Å². The first-order valence-electron chi connectivity index (χ1n) is 19.9. The van der Waals surface area contributed by atoms with E-state index in [4.69, 9.17) is 23.4 Å². The van der Waals surface area contributed by atoms with Crippen LogP contribution in [0.2, 0.25) is 18.1 Å². The van der Waals surface area contributed by atoms with Crippen LogP contribution in [0.1, 0.15) is 126 Å². The molecule has 0 spiro atoms. The minimum absolute atomic E-state index is 0.00593. The lowest BCUT2D eigenvalue weighted by molar-refractivity contribution is -0.160. The number of nitrogens with zero attached hydrogens (tertiary/aromatic N) is 1. The predicted molar refractivity (Wildman–Crippen MR) is 231 cm³/mol. The average molecular weight is 814 g/mol. The number of esters is 2. The number of methoxy groups -OCH3 is 1. The average Bonchev–Trinajstić information content (AvgIpc) is 3.49. The maximum Gasteiger partial charge on any atom is 0.308 e. The summed E-state index contributed by atoms with van der Waals surface area (Å²) in [5, 5.41) is 2.84. The molecule has 9 nitrogen and oxygen atoms in total. The molecule has 0 amide bonds. The molecular formula is C45H71NO8SSi. The van der Waals surface area contributed by atoms with Crippen molar-refractivity contribution in [2.24, 2.45) is 17.3 Å². The summed E-state index contributed by atoms with van der Waals surface area (Å²) in [5.74, 6) is 0.109. The summed E-state index contributed by atoms with van der Waals surface area (Å²) in [6, 6.07) is 7.42. The Balaban J connectivity index is 2.31. The number of hydrogen-bond acceptors (Lipinski definition) is 10. The third-order valence-electron chi connectivity index (χ3n) is 10.6. The first-order chi connectivity index (χ1) is 25.8. The van der Waals surface area contributed by atoms with Gasteiger partial charge in [-0.25, -0.2) is 4.98 Å². The van der Waals surface area contributed by atoms with Crippen LogP contribution in [0.5, 0.6) is 11.5 Å². The van der Waals surface area contributed by atoms with Crippen LogP contribution in [0.25, 0.3) is 6.08 Å². The molecule has 0 radical (unpaired) electrons. The zero-order valence-corrected chi connectivity index (χ0v) is 39.0. The summed E-state index contributed by atoms with van der Waals surface area (Å²) in [4.78, 5) is 44.5. The number of allylic oxidation sites excluding steroid dienone is 1. The highest BCUT2D eigenvalue weighted by Gasteiger charge is 2.49. The van der Waals surface area contributed by atoms with Crippen molar-refractivity contribution in [2.45, 2.75) is 164 Å². The monoisotopic (exact) mass is 813 g/mol. The Hall–Kier alpha value is -3.28. The number of Topliss-reactive ketones (excluding diaryl/α,β-unsaturated/α-hetero) is 1. The lowest BCUT2D eigenvalue weighted by Crippen LogP contribution is -2.53. The number of carbonyl (C=O) groups is 3. The number of unbranched alkanes of at least 4 members (excludes halogenated alkanes) is 1. The first-order valence-corrected chi connectivity index (χ1v) is 23.7. The highest BCUT2D eigenvalue weighted by molar-refractivity contribution is 7.09. The Morgan fingerprint density at radius 1 is 0.929 bits per heavy atom. The van der Waals surface area contributed by atoms with Crippen molar-refractivity contribution in [2.75, 3.05) is 7.11 Å². The fourth-order valence-corrected chi connectivity index (χ4v) is 8.30. The van der Waals surface area contributed by atoms with E-state index < -0.39 is 37.5 Å². The van der Waals surface area contributed by atoms with Gasteiger partial charge in [0.1, 0.15) is 35.1 Å². The lowest BCUT2D eigenvalue weighted by atomic mass is 9.73. The standard InChI is InChI=1S/C45H71NO8SSi/c1-30(21-19-17-18-20-22-38(51-34(5)47)31(2)27-35-29-55-33(4)46-35)41(52-37-25-23-36(50-14)24-26-37)32(3)42(49)45(12,13)39(28-40(48)53-43(6,7)8)54-56(15,16)44(9,10)11/h18,20,23-27,29-30,32,38-39,41H,17,19,21-22,28H2,1-16H3/b20-18-,31-27+/t30-,32+,38-,39-,41-/m0/s1. The van der Waals surface area contributed by atoms with E-state index in [1.807, 2.05) is 91.1 Å². The molecule has 56 heavy (non-hydrogen) atoms. The smallest absolute Gasteiger partial charge is 0.308 e. The zero-order chi connectivity index (χ0) is 42.6. The van der Waals surface area contributed by atoms with Crippen LogP contribution in [-0.4, -0.2) is 62.0 Å². The van der Waals surface area contributed by atoms with Gasteiger partial charge in [0.05, 0.1) is 36.3 Å². The van der Waals surface area contributed by atoms with Crippen molar-refractivity contribution >= 4 is 43.5 Å². The van der Waals surface area contributed by atoms with Gasteiger partial charge in [0.25, 0.3) is 0 Å². The third kappa shape index (κ3) is 15.6. The molecule has 0 saturated heterocycles. The highest BCUT2D eigenvalue weighted by Crippen LogP contribution is 2.42. The SMILES string of the molecule is COc1ccc(O[C@@H]([C@@H](C)CCC/C=C\C[C@H](OC(C)=O)/C(C)=C/c2csc(C)n2)[C@@H](C)C(=O)C(C)(C)[C@H](CC(=O)OC(C)(C)C)O[Si](C)(C)C(C)(C)C)cc1. The summed E-state index contributed by atoms with van der Waals surface area (Å²) in [6.45, 7) is 29.5. The van der Waals surface area contributed by atoms with E-state index >= 15 is 0 Å². The van der Waals surface area contributed by atoms with E-state index in [9.17, 15) is 14.4 Å². The van der Waals surface area contributed by atoms with Crippen molar-refractivity contribution in [3.8, 4) is 11.5 Å². The van der Waals surface area contributed by atoms with Crippen molar-refractivity contribution in [1.29, 1.82) is 0 Å². The highest BCUT2D eigenvalue weighted by atomic mass is 32.1. The van der Waals surface area contributed by atoms with Gasteiger partial charge in [0.15, 0.2) is 8.32 Å². The summed E-state index contributed by atoms with van der Waals surface area (Å²) in [7, 11) is -0.790. The Morgan fingerprint density at radius 2 is 1.54 bits per heavy atom. The molecule has 314 valence electrons. The van der Waals surface area contributed by atoms with Crippen LogP contribution >= 0.6 is 11.3 Å². The van der Waals surface area contributed by atoms with Gasteiger partial charge >= 0.3 is 11.9 Å². The molecule has 0 N–H and O–H groups in total. The second-order valence-corrected chi connectivity index (χ2v) is 24.0. The maximum absolute atomic E-state index is 14.8. The van der Waals surface area contributed by atoms with Crippen LogP contribution in [0.3, 0.4) is 0 Å². The lowest BCUT2D eigenvalue weighted by Gasteiger charge is -2.45. The van der Waals surface area contributed by atoms with E-state index in [0.29, 0.717) is 17.9 Å². The van der Waals surface area contributed by atoms with Crippen LogP contribution in [0, 0.1) is 24.2 Å². The molecular weight excluding hydrogens is 743 g/mol. The molecule has 1 heterocycles. The maximum atomic E-state index is 14.8. The number of aromatic nitrogens is 1. The summed E-state index contributed by atoms with van der Waals surface area (Å²) >= 11 is 1.58. The van der Waals surface area contributed by atoms with Gasteiger partial charge < -0.3 is 23.4 Å². The number of carbonyl (C=O) groups excluding carboxylic acids is 3. The van der Waals surface area contributed by atoms with Gasteiger partial charge in [-0.1, -0.05) is 60.6 Å². The molecule has 0 bridgehead atoms. The molecule has 2 aromatic rings. The van der Waals surface area contributed by atoms with E-state index in [-0.39, 0.29) is 41.2 Å². The Bertz CT molecular complexity index is 1630. The topological polar surface area (TPSA) is 110 Å². The normalized spacial score (nSPS) is 15.8. The second kappa shape index (κ2) is 20.9. The number of hydrogen-bond donors (Lipinski definition) is 0. The molecule has 1 aromatic carbocycles. The summed E-state index contributed by atoms with van der Waals surface area (Å²) < 4.78 is 30.4. The molecule has 1 aromatic heterocycles. The molecule has 11 heteroatoms. The van der Waals surface area contributed by atoms with Crippen molar-refractivity contribution in [1.82, 2.24) is 4.98 Å². The van der Waals surface area contributed by atoms with Crippen LogP contribution in [-0.2, 0) is 28.3 Å². The fourth-order valence-electron chi connectivity index (χ4n) is 6.29. The minimum atomic E-state index is -2.41. The van der Waals surface area contributed by atoms with Gasteiger partial charge in [-0.3, -0.25) is 14.4 Å². The largest absolute Gasteiger partial charge is 0.497 e. The number of benzene rings is 1. The summed E-state index contributed by atoms with van der Waals surface area (Å²) in [6.07, 6.45) is 7.67. The fraction of sp³-hybridized carbons (Fsp3) is 0.644. The Morgan fingerprint density at radius 3 is 2.05 bits per heavy atom. The Labute approximate surface area is 343 Å². The van der Waals surface area contributed by atoms with Gasteiger partial charge in [-0.15, -0.1) is 11.3 Å². The predicted octanol–water partition coefficient (Wildman–Crippen LogP) is 11.3. The van der Waals surface area contributed by atoms with E-state index in [1.165, 1.54) is 6.92 Å². The van der Waals surface area contributed by atoms with Crippen molar-refractivity contribution in [3.63, 3.8) is 0 Å². The quantitative estimate of drug-likeness (QED) is 0.0526. The molecule has 0 aliphatic carbocycles. The van der Waals surface area contributed by atoms with Crippen LogP contribution in [0.15, 0.2) is 47.4 Å². The minimum Gasteiger partial charge on any atom is -0.497 e. The molecule has 0 unspecified atom stereocenters. The number of thiazole rings is 1. The van der Waals surface area contributed by atoms with Crippen molar-refractivity contribution in [3.05, 3.63) is 58.1 Å². The second-order valence-electron chi connectivity index (χ2n) is 18.2. The van der Waals surface area contributed by atoms with E-state index in [1.54, 1.807) is 18.4 Å². The number of rotatable bonds is 21. The first kappa shape index (κ1) is 48.9. The molecule has 0 aliphatic rings. The van der Waals surface area contributed by atoms with Gasteiger partial charge in [0.2, 0.25) is 0 Å². The number of ketones is 1. The molecule has 0 saturated carbocycles. The summed E-state index contributed by atoms with van der Waals surface area (Å²) in [5.41, 5.74) is 0.110. The number of ether oxygens (including phenoxy) is 4. The zero-order valence-electron chi connectivity index (χ0n) is 37.2. The van der Waals surface area contributed by atoms with Crippen LogP contribution < -0.4 is 9.47 Å².